The molecule has 2 atom stereocenters. The van der Waals surface area contributed by atoms with Crippen LogP contribution in [0.25, 0.3) is 0 Å². The summed E-state index contributed by atoms with van der Waals surface area (Å²) in [6.07, 6.45) is 1.01. The lowest BCUT2D eigenvalue weighted by atomic mass is 9.87. The average Bonchev–Trinajstić information content (AvgIpc) is 2.82. The van der Waals surface area contributed by atoms with E-state index in [-0.39, 0.29) is 18.4 Å². The van der Waals surface area contributed by atoms with Gasteiger partial charge in [0.05, 0.1) is 0 Å². The molecule has 2 rings (SSSR count). The van der Waals surface area contributed by atoms with E-state index in [0.717, 1.165) is 5.56 Å². The lowest BCUT2D eigenvalue weighted by Crippen LogP contribution is -2.50. The summed E-state index contributed by atoms with van der Waals surface area (Å²) < 4.78 is 4.91. The van der Waals surface area contributed by atoms with Crippen LogP contribution in [-0.2, 0) is 15.1 Å². The van der Waals surface area contributed by atoms with Crippen LogP contribution in [0.4, 0.5) is 4.79 Å². The summed E-state index contributed by atoms with van der Waals surface area (Å²) in [5.74, 6) is -0.723. The van der Waals surface area contributed by atoms with Gasteiger partial charge < -0.3 is 15.2 Å². The Morgan fingerprint density at radius 3 is 2.77 bits per heavy atom. The number of fused-ring (bicyclic) bond motifs is 1. The predicted molar refractivity (Wildman–Crippen MR) is 82.6 cm³/mol. The number of hydrogen-bond acceptors (Lipinski definition) is 3. The molecule has 0 saturated heterocycles. The van der Waals surface area contributed by atoms with E-state index in [1.165, 1.54) is 6.08 Å². The van der Waals surface area contributed by atoms with E-state index in [0.29, 0.717) is 12.0 Å². The predicted octanol–water partition coefficient (Wildman–Crippen LogP) is 3.02. The van der Waals surface area contributed by atoms with Crippen LogP contribution in [0.15, 0.2) is 36.9 Å². The molecule has 22 heavy (non-hydrogen) atoms. The smallest absolute Gasteiger partial charge is 0.408 e. The Morgan fingerprint density at radius 2 is 2.18 bits per heavy atom. The number of ether oxygens (including phenoxy) is 1. The molecular weight excluding hydrogens is 282 g/mol. The van der Waals surface area contributed by atoms with Gasteiger partial charge in [-0.05, 0) is 29.4 Å². The van der Waals surface area contributed by atoms with Crippen LogP contribution >= 0.6 is 0 Å². The number of hydrogen-bond donors (Lipinski definition) is 2. The van der Waals surface area contributed by atoms with Gasteiger partial charge in [0.15, 0.2) is 5.54 Å². The van der Waals surface area contributed by atoms with Gasteiger partial charge >= 0.3 is 12.1 Å². The number of carbonyl (C=O) groups is 2. The van der Waals surface area contributed by atoms with Gasteiger partial charge in [-0.25, -0.2) is 9.59 Å². The minimum absolute atomic E-state index is 0.0385. The molecule has 0 spiro atoms. The number of alkyl carbamates (subject to hydrolysis) is 1. The number of aliphatic carboxylic acids is 1. The highest BCUT2D eigenvalue weighted by Gasteiger charge is 2.51. The Kier molecular flexibility index (Phi) is 4.54. The van der Waals surface area contributed by atoms with Crippen molar-refractivity contribution in [3.63, 3.8) is 0 Å². The summed E-state index contributed by atoms with van der Waals surface area (Å²) in [6.45, 7) is 7.61. The SMILES string of the molecule is C=CCOC(=O)NC1(C(=O)O)CC(C(C)C)c2ccccc21. The Bertz CT molecular complexity index is 596. The zero-order valence-corrected chi connectivity index (χ0v) is 12.8. The first-order valence-corrected chi connectivity index (χ1v) is 7.31. The van der Waals surface area contributed by atoms with Crippen LogP contribution in [0, 0.1) is 5.92 Å². The minimum atomic E-state index is -1.44. The van der Waals surface area contributed by atoms with E-state index in [1.807, 2.05) is 12.1 Å². The second-order valence-corrected chi connectivity index (χ2v) is 5.86. The van der Waals surface area contributed by atoms with Gasteiger partial charge in [-0.3, -0.25) is 0 Å². The topological polar surface area (TPSA) is 75.6 Å². The monoisotopic (exact) mass is 303 g/mol. The average molecular weight is 303 g/mol. The molecule has 1 aliphatic carbocycles. The summed E-state index contributed by atoms with van der Waals surface area (Å²) in [6, 6.07) is 7.37. The third-order valence-electron chi connectivity index (χ3n) is 4.16. The largest absolute Gasteiger partial charge is 0.479 e. The molecule has 2 unspecified atom stereocenters. The zero-order chi connectivity index (χ0) is 16.3. The normalized spacial score (nSPS) is 23.0. The number of benzene rings is 1. The molecule has 0 radical (unpaired) electrons. The number of rotatable bonds is 5. The number of carbonyl (C=O) groups excluding carboxylic acids is 1. The Morgan fingerprint density at radius 1 is 1.50 bits per heavy atom. The molecule has 0 heterocycles. The summed E-state index contributed by atoms with van der Waals surface area (Å²) >= 11 is 0. The van der Waals surface area contributed by atoms with Gasteiger partial charge in [0.1, 0.15) is 6.61 Å². The van der Waals surface area contributed by atoms with Gasteiger partial charge in [0.2, 0.25) is 0 Å². The van der Waals surface area contributed by atoms with Crippen molar-refractivity contribution < 1.29 is 19.4 Å². The highest BCUT2D eigenvalue weighted by atomic mass is 16.5. The highest BCUT2D eigenvalue weighted by Crippen LogP contribution is 2.47. The van der Waals surface area contributed by atoms with E-state index in [9.17, 15) is 14.7 Å². The summed E-state index contributed by atoms with van der Waals surface area (Å²) in [5, 5.41) is 12.4. The quantitative estimate of drug-likeness (QED) is 0.820. The highest BCUT2D eigenvalue weighted by molar-refractivity contribution is 5.87. The fourth-order valence-electron chi connectivity index (χ4n) is 3.07. The molecule has 5 heteroatoms. The number of nitrogens with one attached hydrogen (secondary N) is 1. The molecule has 0 aromatic heterocycles. The molecule has 2 N–H and O–H groups in total. The fraction of sp³-hybridized carbons (Fsp3) is 0.412. The number of carboxylic acid groups (broad SMARTS) is 1. The molecule has 0 aliphatic heterocycles. The van der Waals surface area contributed by atoms with Gasteiger partial charge in [-0.2, -0.15) is 0 Å². The molecule has 118 valence electrons. The van der Waals surface area contributed by atoms with Crippen LogP contribution in [0.3, 0.4) is 0 Å². The van der Waals surface area contributed by atoms with Crippen LogP contribution in [0.1, 0.15) is 37.3 Å². The van der Waals surface area contributed by atoms with Crippen molar-refractivity contribution in [3.05, 3.63) is 48.0 Å². The molecule has 1 aromatic rings. The van der Waals surface area contributed by atoms with E-state index in [2.05, 4.69) is 25.7 Å². The standard InChI is InChI=1S/C17H21NO4/c1-4-9-22-16(21)18-17(15(19)20)10-13(11(2)3)12-7-5-6-8-14(12)17/h4-8,11,13H,1,9-10H2,2-3H3,(H,18,21)(H,19,20). The van der Waals surface area contributed by atoms with E-state index in [1.54, 1.807) is 12.1 Å². The van der Waals surface area contributed by atoms with Crippen LogP contribution in [-0.4, -0.2) is 23.8 Å². The van der Waals surface area contributed by atoms with E-state index in [4.69, 9.17) is 4.74 Å². The third kappa shape index (κ3) is 2.71. The number of amides is 1. The van der Waals surface area contributed by atoms with Gasteiger partial charge in [-0.1, -0.05) is 50.8 Å². The maximum absolute atomic E-state index is 12.0. The van der Waals surface area contributed by atoms with Crippen molar-refractivity contribution in [1.82, 2.24) is 5.32 Å². The summed E-state index contributed by atoms with van der Waals surface area (Å²) in [4.78, 5) is 23.9. The molecule has 0 bridgehead atoms. The maximum atomic E-state index is 12.0. The van der Waals surface area contributed by atoms with Gasteiger partial charge in [0.25, 0.3) is 0 Å². The zero-order valence-electron chi connectivity index (χ0n) is 12.8. The van der Waals surface area contributed by atoms with E-state index < -0.39 is 17.6 Å². The third-order valence-corrected chi connectivity index (χ3v) is 4.16. The fourth-order valence-corrected chi connectivity index (χ4v) is 3.07. The van der Waals surface area contributed by atoms with Crippen molar-refractivity contribution >= 4 is 12.1 Å². The minimum Gasteiger partial charge on any atom is -0.479 e. The van der Waals surface area contributed by atoms with Crippen molar-refractivity contribution in [2.24, 2.45) is 5.92 Å². The Labute approximate surface area is 130 Å². The molecule has 0 saturated carbocycles. The molecule has 1 aromatic carbocycles. The van der Waals surface area contributed by atoms with Crippen molar-refractivity contribution in [3.8, 4) is 0 Å². The first-order valence-electron chi connectivity index (χ1n) is 7.31. The van der Waals surface area contributed by atoms with Crippen molar-refractivity contribution in [1.29, 1.82) is 0 Å². The Balaban J connectivity index is 2.41. The van der Waals surface area contributed by atoms with Crippen LogP contribution in [0.5, 0.6) is 0 Å². The molecular formula is C17H21NO4. The molecule has 5 nitrogen and oxygen atoms in total. The summed E-state index contributed by atoms with van der Waals surface area (Å²) in [5.41, 5.74) is 0.171. The van der Waals surface area contributed by atoms with Gasteiger partial charge in [0, 0.05) is 0 Å². The van der Waals surface area contributed by atoms with Crippen molar-refractivity contribution in [2.45, 2.75) is 31.7 Å². The summed E-state index contributed by atoms with van der Waals surface area (Å²) in [7, 11) is 0. The van der Waals surface area contributed by atoms with Crippen LogP contribution < -0.4 is 5.32 Å². The first kappa shape index (κ1) is 16.1. The Hall–Kier alpha value is -2.30. The molecule has 1 amide bonds. The molecule has 1 aliphatic rings. The lowest BCUT2D eigenvalue weighted by molar-refractivity contribution is -0.145. The van der Waals surface area contributed by atoms with E-state index >= 15 is 0 Å². The maximum Gasteiger partial charge on any atom is 0.408 e. The lowest BCUT2D eigenvalue weighted by Gasteiger charge is -2.27. The second-order valence-electron chi connectivity index (χ2n) is 5.86. The van der Waals surface area contributed by atoms with Crippen LogP contribution in [0.2, 0.25) is 0 Å². The second kappa shape index (κ2) is 6.22. The number of carboxylic acids is 1. The molecule has 0 fully saturated rings. The van der Waals surface area contributed by atoms with Crippen molar-refractivity contribution in [2.75, 3.05) is 6.61 Å². The first-order chi connectivity index (χ1) is 10.4. The van der Waals surface area contributed by atoms with Gasteiger partial charge in [-0.15, -0.1) is 0 Å².